The molecule has 190 valence electrons. The summed E-state index contributed by atoms with van der Waals surface area (Å²) in [5.74, 6) is -1.83. The monoisotopic (exact) mass is 517 g/mol. The van der Waals surface area contributed by atoms with Crippen molar-refractivity contribution in [1.82, 2.24) is 4.31 Å². The van der Waals surface area contributed by atoms with E-state index in [1.165, 1.54) is 19.2 Å². The summed E-state index contributed by atoms with van der Waals surface area (Å²) in [4.78, 5) is 26.5. The predicted octanol–water partition coefficient (Wildman–Crippen LogP) is 4.73. The van der Waals surface area contributed by atoms with Crippen molar-refractivity contribution >= 4 is 27.5 Å². The second kappa shape index (κ2) is 10.4. The molecule has 37 heavy (non-hydrogen) atoms. The second-order valence-electron chi connectivity index (χ2n) is 8.63. The SMILES string of the molecule is COC(=O)C1=C(C(=O)OC)N(S(=O)(=O)c2ccc(C)cc2)C(c2ccccc2)C=C1c1cccc(C)c1. The molecule has 7 nitrogen and oxygen atoms in total. The van der Waals surface area contributed by atoms with Crippen LogP contribution in [0, 0.1) is 13.8 Å². The molecule has 0 spiro atoms. The first kappa shape index (κ1) is 25.9. The summed E-state index contributed by atoms with van der Waals surface area (Å²) in [6, 6.07) is 21.6. The molecule has 3 aromatic carbocycles. The number of methoxy groups -OCH3 is 2. The zero-order valence-corrected chi connectivity index (χ0v) is 21.8. The van der Waals surface area contributed by atoms with E-state index in [2.05, 4.69) is 0 Å². The number of carbonyl (C=O) groups is 2. The standard InChI is InChI=1S/C29H27NO6S/c1-19-13-15-23(16-14-19)37(33,34)30-25(21-10-6-5-7-11-21)18-24(22-12-8-9-20(2)17-22)26(28(31)35-3)27(30)29(32)36-4/h5-18,25H,1-4H3. The topological polar surface area (TPSA) is 90.0 Å². The number of nitrogens with zero attached hydrogens (tertiary/aromatic N) is 1. The highest BCUT2D eigenvalue weighted by Crippen LogP contribution is 2.44. The summed E-state index contributed by atoms with van der Waals surface area (Å²) in [5, 5.41) is 0. The number of esters is 2. The van der Waals surface area contributed by atoms with E-state index in [0.29, 0.717) is 16.7 Å². The van der Waals surface area contributed by atoms with Crippen LogP contribution in [0.25, 0.3) is 5.57 Å². The van der Waals surface area contributed by atoms with Crippen molar-refractivity contribution < 1.29 is 27.5 Å². The lowest BCUT2D eigenvalue weighted by Gasteiger charge is -2.37. The third-order valence-corrected chi connectivity index (χ3v) is 7.92. The molecule has 1 atom stereocenters. The maximum absolute atomic E-state index is 14.2. The summed E-state index contributed by atoms with van der Waals surface area (Å²) in [5.41, 5.74) is 2.81. The van der Waals surface area contributed by atoms with E-state index in [1.54, 1.807) is 48.5 Å². The van der Waals surface area contributed by atoms with Crippen LogP contribution in [-0.4, -0.2) is 38.9 Å². The Bertz CT molecular complexity index is 1510. The van der Waals surface area contributed by atoms with Gasteiger partial charge in [0.05, 0.1) is 30.7 Å². The van der Waals surface area contributed by atoms with Gasteiger partial charge in [0, 0.05) is 0 Å². The van der Waals surface area contributed by atoms with Crippen LogP contribution in [0.3, 0.4) is 0 Å². The molecular weight excluding hydrogens is 490 g/mol. The normalized spacial score (nSPS) is 15.7. The van der Waals surface area contributed by atoms with Gasteiger partial charge in [-0.15, -0.1) is 0 Å². The summed E-state index contributed by atoms with van der Waals surface area (Å²) < 4.78 is 39.4. The van der Waals surface area contributed by atoms with Crippen molar-refractivity contribution in [2.24, 2.45) is 0 Å². The molecule has 0 radical (unpaired) electrons. The lowest BCUT2D eigenvalue weighted by molar-refractivity contribution is -0.140. The highest BCUT2D eigenvalue weighted by molar-refractivity contribution is 7.89. The number of ether oxygens (including phenoxy) is 2. The van der Waals surface area contributed by atoms with Crippen LogP contribution in [-0.2, 0) is 29.1 Å². The summed E-state index contributed by atoms with van der Waals surface area (Å²) in [6.45, 7) is 3.74. The maximum Gasteiger partial charge on any atom is 0.356 e. The van der Waals surface area contributed by atoms with Gasteiger partial charge >= 0.3 is 11.9 Å². The highest BCUT2D eigenvalue weighted by Gasteiger charge is 2.44. The number of benzene rings is 3. The van der Waals surface area contributed by atoms with Gasteiger partial charge in [-0.3, -0.25) is 0 Å². The number of rotatable bonds is 6. The number of aryl methyl sites for hydroxylation is 2. The van der Waals surface area contributed by atoms with Crippen LogP contribution in [0.2, 0.25) is 0 Å². The third kappa shape index (κ3) is 4.93. The Labute approximate surface area is 216 Å². The molecule has 3 aromatic rings. The van der Waals surface area contributed by atoms with E-state index in [0.717, 1.165) is 22.5 Å². The average Bonchev–Trinajstić information content (AvgIpc) is 2.91. The van der Waals surface area contributed by atoms with Crippen molar-refractivity contribution in [3.63, 3.8) is 0 Å². The molecule has 1 aliphatic rings. The Morgan fingerprint density at radius 2 is 1.43 bits per heavy atom. The van der Waals surface area contributed by atoms with Crippen LogP contribution < -0.4 is 0 Å². The number of sulfonamides is 1. The lowest BCUT2D eigenvalue weighted by atomic mass is 9.88. The van der Waals surface area contributed by atoms with Gasteiger partial charge in [-0.05, 0) is 48.8 Å². The van der Waals surface area contributed by atoms with Crippen LogP contribution in [0.5, 0.6) is 0 Å². The molecule has 0 saturated heterocycles. The Morgan fingerprint density at radius 3 is 2.03 bits per heavy atom. The fourth-order valence-electron chi connectivity index (χ4n) is 4.31. The van der Waals surface area contributed by atoms with E-state index >= 15 is 0 Å². The fraction of sp³-hybridized carbons (Fsp3) is 0.172. The van der Waals surface area contributed by atoms with E-state index in [1.807, 2.05) is 38.1 Å². The largest absolute Gasteiger partial charge is 0.465 e. The van der Waals surface area contributed by atoms with Gasteiger partial charge in [0.25, 0.3) is 10.0 Å². The van der Waals surface area contributed by atoms with Gasteiger partial charge in [0.2, 0.25) is 0 Å². The quantitative estimate of drug-likeness (QED) is 0.439. The molecule has 1 unspecified atom stereocenters. The van der Waals surface area contributed by atoms with E-state index in [4.69, 9.17) is 9.47 Å². The van der Waals surface area contributed by atoms with Crippen molar-refractivity contribution in [1.29, 1.82) is 0 Å². The first-order valence-electron chi connectivity index (χ1n) is 11.5. The first-order chi connectivity index (χ1) is 17.7. The third-order valence-electron chi connectivity index (χ3n) is 6.12. The molecule has 4 rings (SSSR count). The zero-order valence-electron chi connectivity index (χ0n) is 21.0. The molecule has 0 aromatic heterocycles. The molecule has 0 bridgehead atoms. The Balaban J connectivity index is 2.11. The van der Waals surface area contributed by atoms with Crippen molar-refractivity contribution in [3.8, 4) is 0 Å². The lowest BCUT2D eigenvalue weighted by Crippen LogP contribution is -2.41. The van der Waals surface area contributed by atoms with E-state index < -0.39 is 33.7 Å². The van der Waals surface area contributed by atoms with Crippen LogP contribution in [0.4, 0.5) is 0 Å². The van der Waals surface area contributed by atoms with Crippen LogP contribution >= 0.6 is 0 Å². The second-order valence-corrected chi connectivity index (χ2v) is 10.4. The van der Waals surface area contributed by atoms with Crippen molar-refractivity contribution in [2.45, 2.75) is 24.8 Å². The van der Waals surface area contributed by atoms with E-state index in [9.17, 15) is 18.0 Å². The molecule has 0 aliphatic carbocycles. The molecule has 0 saturated carbocycles. The Kier molecular flexibility index (Phi) is 7.31. The Morgan fingerprint density at radius 1 is 0.784 bits per heavy atom. The molecule has 0 fully saturated rings. The first-order valence-corrected chi connectivity index (χ1v) is 13.0. The smallest absolute Gasteiger partial charge is 0.356 e. The van der Waals surface area contributed by atoms with Gasteiger partial charge in [0.15, 0.2) is 5.70 Å². The van der Waals surface area contributed by atoms with Gasteiger partial charge in [-0.25, -0.2) is 22.3 Å². The molecule has 0 N–H and O–H groups in total. The van der Waals surface area contributed by atoms with E-state index in [-0.39, 0.29) is 10.5 Å². The maximum atomic E-state index is 14.2. The van der Waals surface area contributed by atoms with Crippen molar-refractivity contribution in [3.05, 3.63) is 118 Å². The minimum atomic E-state index is -4.35. The van der Waals surface area contributed by atoms with Gasteiger partial charge in [0.1, 0.15) is 0 Å². The molecule has 1 aliphatic heterocycles. The average molecular weight is 518 g/mol. The molecule has 8 heteroatoms. The van der Waals surface area contributed by atoms with Crippen LogP contribution in [0.15, 0.2) is 101 Å². The molecule has 0 amide bonds. The molecular formula is C29H27NO6S. The van der Waals surface area contributed by atoms with Crippen LogP contribution in [0.1, 0.15) is 28.3 Å². The Hall–Kier alpha value is -4.17. The summed E-state index contributed by atoms with van der Waals surface area (Å²) >= 11 is 0. The summed E-state index contributed by atoms with van der Waals surface area (Å²) in [7, 11) is -2.02. The highest BCUT2D eigenvalue weighted by atomic mass is 32.2. The zero-order chi connectivity index (χ0) is 26.7. The van der Waals surface area contributed by atoms with Crippen molar-refractivity contribution in [2.75, 3.05) is 14.2 Å². The predicted molar refractivity (Wildman–Crippen MR) is 140 cm³/mol. The number of carbonyl (C=O) groups excluding carboxylic acids is 2. The minimum absolute atomic E-state index is 0.0305. The van der Waals surface area contributed by atoms with Gasteiger partial charge in [-0.2, -0.15) is 0 Å². The minimum Gasteiger partial charge on any atom is -0.465 e. The number of hydrogen-bond acceptors (Lipinski definition) is 6. The fourth-order valence-corrected chi connectivity index (χ4v) is 5.91. The summed E-state index contributed by atoms with van der Waals surface area (Å²) in [6.07, 6.45) is 1.68. The number of hydrogen-bond donors (Lipinski definition) is 0. The van der Waals surface area contributed by atoms with Gasteiger partial charge in [-0.1, -0.05) is 77.9 Å². The van der Waals surface area contributed by atoms with Gasteiger partial charge < -0.3 is 9.47 Å². The molecule has 1 heterocycles.